The van der Waals surface area contributed by atoms with Crippen LogP contribution in [0.5, 0.6) is 0 Å². The smallest absolute Gasteiger partial charge is 0.337 e. The molecule has 2 aromatic heterocycles. The minimum absolute atomic E-state index is 0.0310. The lowest BCUT2D eigenvalue weighted by Crippen LogP contribution is -2.18. The van der Waals surface area contributed by atoms with Gasteiger partial charge in [-0.2, -0.15) is 0 Å². The van der Waals surface area contributed by atoms with E-state index in [1.165, 1.54) is 35.9 Å². The molecular formula is C22H17FN4O3S. The van der Waals surface area contributed by atoms with Crippen molar-refractivity contribution in [2.45, 2.75) is 6.42 Å². The SMILES string of the molecule is O=C(CCNc1ncnc2scc(-c3ccc(F)cc3)c12)Nc1ccccc1C(=O)O. The van der Waals surface area contributed by atoms with Gasteiger partial charge in [0.15, 0.2) is 0 Å². The Labute approximate surface area is 180 Å². The minimum Gasteiger partial charge on any atom is -0.478 e. The number of rotatable bonds is 7. The number of aromatic nitrogens is 2. The van der Waals surface area contributed by atoms with Crippen LogP contribution < -0.4 is 10.6 Å². The van der Waals surface area contributed by atoms with Gasteiger partial charge in [-0.05, 0) is 29.8 Å². The van der Waals surface area contributed by atoms with E-state index in [1.54, 1.807) is 30.3 Å². The van der Waals surface area contributed by atoms with E-state index in [9.17, 15) is 19.1 Å². The summed E-state index contributed by atoms with van der Waals surface area (Å²) >= 11 is 1.45. The Balaban J connectivity index is 1.47. The predicted molar refractivity (Wildman–Crippen MR) is 118 cm³/mol. The molecule has 3 N–H and O–H groups in total. The second kappa shape index (κ2) is 8.88. The van der Waals surface area contributed by atoms with Gasteiger partial charge in [0.05, 0.1) is 16.6 Å². The molecule has 2 heterocycles. The van der Waals surface area contributed by atoms with Crippen molar-refractivity contribution in [3.63, 3.8) is 0 Å². The molecule has 0 saturated heterocycles. The fourth-order valence-corrected chi connectivity index (χ4v) is 4.05. The summed E-state index contributed by atoms with van der Waals surface area (Å²) in [5, 5.41) is 17.7. The van der Waals surface area contributed by atoms with Gasteiger partial charge < -0.3 is 15.7 Å². The molecule has 0 fully saturated rings. The number of nitrogens with one attached hydrogen (secondary N) is 2. The van der Waals surface area contributed by atoms with E-state index >= 15 is 0 Å². The summed E-state index contributed by atoms with van der Waals surface area (Å²) in [5.74, 6) is -1.17. The highest BCUT2D eigenvalue weighted by Gasteiger charge is 2.14. The molecule has 156 valence electrons. The van der Waals surface area contributed by atoms with Gasteiger partial charge in [0.25, 0.3) is 0 Å². The van der Waals surface area contributed by atoms with Crippen LogP contribution in [0.3, 0.4) is 0 Å². The van der Waals surface area contributed by atoms with Crippen LogP contribution in [0.4, 0.5) is 15.9 Å². The quantitative estimate of drug-likeness (QED) is 0.390. The normalized spacial score (nSPS) is 10.7. The largest absolute Gasteiger partial charge is 0.478 e. The van der Waals surface area contributed by atoms with E-state index in [1.807, 2.05) is 5.38 Å². The first-order valence-electron chi connectivity index (χ1n) is 9.37. The van der Waals surface area contributed by atoms with Crippen LogP contribution in [0.25, 0.3) is 21.3 Å². The number of halogens is 1. The zero-order valence-corrected chi connectivity index (χ0v) is 16.9. The Morgan fingerprint density at radius 2 is 1.84 bits per heavy atom. The number of aromatic carboxylic acids is 1. The Bertz CT molecular complexity index is 1260. The van der Waals surface area contributed by atoms with Crippen LogP contribution in [-0.4, -0.2) is 33.5 Å². The first kappa shape index (κ1) is 20.4. The van der Waals surface area contributed by atoms with Gasteiger partial charge in [-0.1, -0.05) is 24.3 Å². The van der Waals surface area contributed by atoms with Crippen molar-refractivity contribution in [2.75, 3.05) is 17.2 Å². The van der Waals surface area contributed by atoms with E-state index in [0.717, 1.165) is 21.3 Å². The number of benzene rings is 2. The van der Waals surface area contributed by atoms with Gasteiger partial charge in [-0.15, -0.1) is 11.3 Å². The molecule has 4 aromatic rings. The molecule has 7 nitrogen and oxygen atoms in total. The number of amides is 1. The second-order valence-corrected chi connectivity index (χ2v) is 7.49. The number of hydrogen-bond donors (Lipinski definition) is 3. The van der Waals surface area contributed by atoms with Crippen molar-refractivity contribution in [2.24, 2.45) is 0 Å². The summed E-state index contributed by atoms with van der Waals surface area (Å²) in [6.07, 6.45) is 1.55. The van der Waals surface area contributed by atoms with E-state index in [4.69, 9.17) is 0 Å². The molecular weight excluding hydrogens is 419 g/mol. The van der Waals surface area contributed by atoms with Gasteiger partial charge in [0, 0.05) is 23.9 Å². The number of anilines is 2. The molecule has 0 aliphatic rings. The molecule has 4 rings (SSSR count). The zero-order chi connectivity index (χ0) is 21.8. The van der Waals surface area contributed by atoms with Crippen molar-refractivity contribution >= 4 is 44.9 Å². The lowest BCUT2D eigenvalue weighted by atomic mass is 10.1. The topological polar surface area (TPSA) is 104 Å². The highest BCUT2D eigenvalue weighted by atomic mass is 32.1. The predicted octanol–water partition coefficient (Wildman–Crippen LogP) is 4.64. The average Bonchev–Trinajstić information content (AvgIpc) is 3.19. The lowest BCUT2D eigenvalue weighted by molar-refractivity contribution is -0.115. The third-order valence-electron chi connectivity index (χ3n) is 4.60. The minimum atomic E-state index is -1.11. The summed E-state index contributed by atoms with van der Waals surface area (Å²) < 4.78 is 13.3. The Morgan fingerprint density at radius 3 is 2.61 bits per heavy atom. The van der Waals surface area contributed by atoms with Crippen molar-refractivity contribution < 1.29 is 19.1 Å². The van der Waals surface area contributed by atoms with E-state index in [-0.39, 0.29) is 35.9 Å². The first-order chi connectivity index (χ1) is 15.0. The van der Waals surface area contributed by atoms with E-state index in [0.29, 0.717) is 5.82 Å². The fraction of sp³-hybridized carbons (Fsp3) is 0.0909. The summed E-state index contributed by atoms with van der Waals surface area (Å²) in [6.45, 7) is 0.284. The fourth-order valence-electron chi connectivity index (χ4n) is 3.14. The Morgan fingerprint density at radius 1 is 1.06 bits per heavy atom. The van der Waals surface area contributed by atoms with Crippen LogP contribution in [0.1, 0.15) is 16.8 Å². The third-order valence-corrected chi connectivity index (χ3v) is 5.49. The summed E-state index contributed by atoms with van der Waals surface area (Å²) in [6, 6.07) is 12.4. The van der Waals surface area contributed by atoms with E-state index in [2.05, 4.69) is 20.6 Å². The number of hydrogen-bond acceptors (Lipinski definition) is 6. The standard InChI is InChI=1S/C22H17FN4O3S/c23-14-7-5-13(6-8-14)16-11-31-21-19(16)20(25-12-26-21)24-10-9-18(28)27-17-4-2-1-3-15(17)22(29)30/h1-8,11-12H,9-10H2,(H,27,28)(H,29,30)(H,24,25,26). The van der Waals surface area contributed by atoms with Gasteiger partial charge in [-0.25, -0.2) is 19.2 Å². The monoisotopic (exact) mass is 436 g/mol. The molecule has 0 atom stereocenters. The molecule has 0 spiro atoms. The van der Waals surface area contributed by atoms with Gasteiger partial charge in [0.2, 0.25) is 5.91 Å². The van der Waals surface area contributed by atoms with Crippen LogP contribution in [0, 0.1) is 5.82 Å². The molecule has 2 aromatic carbocycles. The molecule has 0 aliphatic heterocycles. The average molecular weight is 436 g/mol. The summed E-state index contributed by atoms with van der Waals surface area (Å²) in [5.41, 5.74) is 2.00. The molecule has 31 heavy (non-hydrogen) atoms. The van der Waals surface area contributed by atoms with Gasteiger partial charge in [-0.3, -0.25) is 4.79 Å². The molecule has 9 heteroatoms. The molecule has 0 radical (unpaired) electrons. The van der Waals surface area contributed by atoms with E-state index < -0.39 is 5.97 Å². The second-order valence-electron chi connectivity index (χ2n) is 6.63. The number of carboxylic acid groups (broad SMARTS) is 1. The van der Waals surface area contributed by atoms with Crippen LogP contribution >= 0.6 is 11.3 Å². The van der Waals surface area contributed by atoms with Gasteiger partial charge >= 0.3 is 5.97 Å². The maximum atomic E-state index is 13.3. The first-order valence-corrected chi connectivity index (χ1v) is 10.2. The molecule has 0 bridgehead atoms. The Hall–Kier alpha value is -3.85. The number of carboxylic acids is 1. The number of carbonyl (C=O) groups excluding carboxylic acids is 1. The molecule has 1 amide bonds. The van der Waals surface area contributed by atoms with Crippen molar-refractivity contribution in [3.8, 4) is 11.1 Å². The van der Waals surface area contributed by atoms with Crippen LogP contribution in [0.2, 0.25) is 0 Å². The summed E-state index contributed by atoms with van der Waals surface area (Å²) in [4.78, 5) is 32.9. The molecule has 0 saturated carbocycles. The zero-order valence-electron chi connectivity index (χ0n) is 16.1. The number of carbonyl (C=O) groups is 2. The van der Waals surface area contributed by atoms with Gasteiger partial charge in [0.1, 0.15) is 22.8 Å². The third kappa shape index (κ3) is 4.51. The van der Waals surface area contributed by atoms with Crippen molar-refractivity contribution in [1.82, 2.24) is 9.97 Å². The summed E-state index contributed by atoms with van der Waals surface area (Å²) in [7, 11) is 0. The maximum absolute atomic E-state index is 13.3. The lowest BCUT2D eigenvalue weighted by Gasteiger charge is -2.10. The number of fused-ring (bicyclic) bond motifs is 1. The highest BCUT2D eigenvalue weighted by molar-refractivity contribution is 7.17. The molecule has 0 aliphatic carbocycles. The Kier molecular flexibility index (Phi) is 5.85. The van der Waals surface area contributed by atoms with Crippen molar-refractivity contribution in [3.05, 3.63) is 71.6 Å². The number of nitrogens with zero attached hydrogens (tertiary/aromatic N) is 2. The van der Waals surface area contributed by atoms with Crippen LogP contribution in [0.15, 0.2) is 60.2 Å². The van der Waals surface area contributed by atoms with Crippen LogP contribution in [-0.2, 0) is 4.79 Å². The van der Waals surface area contributed by atoms with Crippen molar-refractivity contribution in [1.29, 1.82) is 0 Å². The maximum Gasteiger partial charge on any atom is 0.337 e. The molecule has 0 unspecified atom stereocenters. The highest BCUT2D eigenvalue weighted by Crippen LogP contribution is 2.36. The number of para-hydroxylation sites is 1. The number of thiophene rings is 1.